The molecule has 8 heteroatoms. The highest BCUT2D eigenvalue weighted by molar-refractivity contribution is 5.82. The summed E-state index contributed by atoms with van der Waals surface area (Å²) in [5.74, 6) is 0.304. The summed E-state index contributed by atoms with van der Waals surface area (Å²) in [7, 11) is 0. The van der Waals surface area contributed by atoms with Crippen LogP contribution in [0.2, 0.25) is 0 Å². The molecule has 0 aliphatic heterocycles. The zero-order valence-corrected chi connectivity index (χ0v) is 15.7. The zero-order valence-electron chi connectivity index (χ0n) is 15.7. The Morgan fingerprint density at radius 3 is 1.93 bits per heavy atom. The molecule has 144 valence electrons. The molecule has 0 unspecified atom stereocenters. The number of nitrogens with zero attached hydrogens (tertiary/aromatic N) is 6. The Balaban J connectivity index is 0.000000150. The van der Waals surface area contributed by atoms with Gasteiger partial charge in [-0.3, -0.25) is 9.97 Å². The summed E-state index contributed by atoms with van der Waals surface area (Å²) in [5.41, 5.74) is 15.3. The Morgan fingerprint density at radius 2 is 1.34 bits per heavy atom. The SMILES string of the molecule is NCc1cccc2cccnc12.Nc1nnnn1Cc1cccc2cccnc12. The van der Waals surface area contributed by atoms with E-state index in [0.717, 1.165) is 32.9 Å². The van der Waals surface area contributed by atoms with Gasteiger partial charge in [0.2, 0.25) is 5.95 Å². The summed E-state index contributed by atoms with van der Waals surface area (Å²) < 4.78 is 1.55. The van der Waals surface area contributed by atoms with E-state index in [1.54, 1.807) is 17.1 Å². The number of para-hydroxylation sites is 2. The van der Waals surface area contributed by atoms with Gasteiger partial charge >= 0.3 is 0 Å². The Labute approximate surface area is 167 Å². The second-order valence-electron chi connectivity index (χ2n) is 6.38. The molecule has 29 heavy (non-hydrogen) atoms. The minimum Gasteiger partial charge on any atom is -0.367 e. The molecular formula is C21H20N8. The van der Waals surface area contributed by atoms with Crippen LogP contribution in [0, 0.1) is 0 Å². The van der Waals surface area contributed by atoms with Crippen LogP contribution in [-0.4, -0.2) is 30.2 Å². The molecule has 0 bridgehead atoms. The lowest BCUT2D eigenvalue weighted by atomic mass is 10.1. The summed E-state index contributed by atoms with van der Waals surface area (Å²) in [4.78, 5) is 8.64. The first-order valence-electron chi connectivity index (χ1n) is 9.13. The lowest BCUT2D eigenvalue weighted by molar-refractivity contribution is 0.657. The molecule has 0 atom stereocenters. The van der Waals surface area contributed by atoms with Crippen LogP contribution in [0.1, 0.15) is 11.1 Å². The van der Waals surface area contributed by atoms with E-state index < -0.39 is 0 Å². The van der Waals surface area contributed by atoms with Gasteiger partial charge in [0.1, 0.15) is 0 Å². The maximum Gasteiger partial charge on any atom is 0.240 e. The predicted octanol–water partition coefficient (Wildman–Crippen LogP) is 2.55. The molecular weight excluding hydrogens is 364 g/mol. The fraction of sp³-hybridized carbons (Fsp3) is 0.0952. The first-order chi connectivity index (χ1) is 14.3. The molecule has 5 rings (SSSR count). The van der Waals surface area contributed by atoms with E-state index >= 15 is 0 Å². The van der Waals surface area contributed by atoms with Crippen molar-refractivity contribution >= 4 is 27.8 Å². The van der Waals surface area contributed by atoms with Gasteiger partial charge in [0, 0.05) is 35.3 Å². The van der Waals surface area contributed by atoms with Gasteiger partial charge in [-0.2, -0.15) is 0 Å². The predicted molar refractivity (Wildman–Crippen MR) is 113 cm³/mol. The molecule has 0 aliphatic rings. The van der Waals surface area contributed by atoms with Crippen molar-refractivity contribution in [1.29, 1.82) is 0 Å². The van der Waals surface area contributed by atoms with Crippen molar-refractivity contribution in [2.24, 2.45) is 5.73 Å². The number of nitrogens with two attached hydrogens (primary N) is 2. The van der Waals surface area contributed by atoms with Crippen LogP contribution in [0.25, 0.3) is 21.8 Å². The quantitative estimate of drug-likeness (QED) is 0.490. The molecule has 5 aromatic rings. The van der Waals surface area contributed by atoms with Crippen LogP contribution in [0.15, 0.2) is 73.1 Å². The van der Waals surface area contributed by atoms with E-state index in [0.29, 0.717) is 19.0 Å². The number of hydrogen-bond acceptors (Lipinski definition) is 7. The maximum atomic E-state index is 5.64. The molecule has 8 nitrogen and oxygen atoms in total. The molecule has 2 aromatic carbocycles. The number of pyridine rings is 2. The summed E-state index contributed by atoms with van der Waals surface area (Å²) in [5, 5.41) is 13.2. The maximum absolute atomic E-state index is 5.64. The molecule has 0 saturated carbocycles. The van der Waals surface area contributed by atoms with Crippen LogP contribution < -0.4 is 11.5 Å². The summed E-state index contributed by atoms with van der Waals surface area (Å²) in [6.45, 7) is 1.07. The van der Waals surface area contributed by atoms with Gasteiger partial charge in [0.25, 0.3) is 0 Å². The summed E-state index contributed by atoms with van der Waals surface area (Å²) >= 11 is 0. The zero-order chi connectivity index (χ0) is 20.1. The van der Waals surface area contributed by atoms with Crippen LogP contribution in [0.4, 0.5) is 5.95 Å². The molecule has 0 aliphatic carbocycles. The number of nitrogen functional groups attached to an aromatic ring is 1. The average Bonchev–Trinajstić information content (AvgIpc) is 3.18. The largest absolute Gasteiger partial charge is 0.367 e. The van der Waals surface area contributed by atoms with E-state index in [9.17, 15) is 0 Å². The second-order valence-corrected chi connectivity index (χ2v) is 6.38. The van der Waals surface area contributed by atoms with Crippen molar-refractivity contribution in [2.75, 3.05) is 5.73 Å². The van der Waals surface area contributed by atoms with E-state index in [-0.39, 0.29) is 0 Å². The molecule has 0 saturated heterocycles. The third kappa shape index (κ3) is 4.02. The van der Waals surface area contributed by atoms with Crippen molar-refractivity contribution < 1.29 is 0 Å². The van der Waals surface area contributed by atoms with Crippen molar-refractivity contribution in [3.63, 3.8) is 0 Å². The molecule has 4 N–H and O–H groups in total. The highest BCUT2D eigenvalue weighted by atomic mass is 15.6. The Hall–Kier alpha value is -3.91. The standard InChI is InChI=1S/C11H10N6.C10H10N2/c12-11-14-15-16-17(11)7-9-4-1-3-8-5-2-6-13-10(8)9;11-7-9-4-1-3-8-5-2-6-12-10(8)9/h1-6H,7H2,(H2,12,14,16);1-6H,7,11H2. The van der Waals surface area contributed by atoms with Gasteiger partial charge in [0.05, 0.1) is 17.6 Å². The van der Waals surface area contributed by atoms with E-state index in [4.69, 9.17) is 11.5 Å². The third-order valence-corrected chi connectivity index (χ3v) is 4.53. The first-order valence-corrected chi connectivity index (χ1v) is 9.13. The molecule has 0 radical (unpaired) electrons. The smallest absolute Gasteiger partial charge is 0.240 e. The number of fused-ring (bicyclic) bond motifs is 2. The molecule has 0 fully saturated rings. The average molecular weight is 384 g/mol. The Bertz CT molecular complexity index is 1240. The highest BCUT2D eigenvalue weighted by Gasteiger charge is 2.06. The number of tetrazole rings is 1. The third-order valence-electron chi connectivity index (χ3n) is 4.53. The van der Waals surface area contributed by atoms with Crippen molar-refractivity contribution in [3.8, 4) is 0 Å². The number of hydrogen-bond donors (Lipinski definition) is 2. The van der Waals surface area contributed by atoms with Crippen molar-refractivity contribution in [1.82, 2.24) is 30.2 Å². The van der Waals surface area contributed by atoms with Gasteiger partial charge in [-0.15, -0.1) is 0 Å². The number of anilines is 1. The van der Waals surface area contributed by atoms with Crippen LogP contribution in [-0.2, 0) is 13.1 Å². The van der Waals surface area contributed by atoms with E-state index in [2.05, 4.69) is 25.5 Å². The molecule has 3 heterocycles. The monoisotopic (exact) mass is 384 g/mol. The fourth-order valence-corrected chi connectivity index (χ4v) is 3.11. The number of rotatable bonds is 3. The van der Waals surface area contributed by atoms with Crippen molar-refractivity contribution in [3.05, 3.63) is 84.2 Å². The summed E-state index contributed by atoms with van der Waals surface area (Å²) in [6.07, 6.45) is 3.57. The lowest BCUT2D eigenvalue weighted by Crippen LogP contribution is -2.07. The minimum absolute atomic E-state index is 0.304. The fourth-order valence-electron chi connectivity index (χ4n) is 3.11. The highest BCUT2D eigenvalue weighted by Crippen LogP contribution is 2.17. The van der Waals surface area contributed by atoms with Gasteiger partial charge in [-0.1, -0.05) is 53.6 Å². The van der Waals surface area contributed by atoms with E-state index in [1.165, 1.54) is 0 Å². The van der Waals surface area contributed by atoms with Crippen LogP contribution in [0.5, 0.6) is 0 Å². The molecule has 3 aromatic heterocycles. The number of benzene rings is 2. The lowest BCUT2D eigenvalue weighted by Gasteiger charge is -2.05. The molecule has 0 amide bonds. The normalized spacial score (nSPS) is 10.7. The van der Waals surface area contributed by atoms with Gasteiger partial charge in [-0.05, 0) is 28.1 Å². The molecule has 0 spiro atoms. The first kappa shape index (κ1) is 18.5. The minimum atomic E-state index is 0.304. The van der Waals surface area contributed by atoms with E-state index in [1.807, 2.05) is 60.7 Å². The van der Waals surface area contributed by atoms with Gasteiger partial charge in [-0.25, -0.2) is 4.68 Å². The van der Waals surface area contributed by atoms with Crippen LogP contribution in [0.3, 0.4) is 0 Å². The van der Waals surface area contributed by atoms with Gasteiger partial charge in [0.15, 0.2) is 0 Å². The van der Waals surface area contributed by atoms with Crippen LogP contribution >= 0.6 is 0 Å². The Kier molecular flexibility index (Phi) is 5.35. The summed E-state index contributed by atoms with van der Waals surface area (Å²) in [6, 6.07) is 20.0. The van der Waals surface area contributed by atoms with Crippen molar-refractivity contribution in [2.45, 2.75) is 13.1 Å². The Morgan fingerprint density at radius 1 is 0.759 bits per heavy atom. The number of aromatic nitrogens is 6. The second kappa shape index (κ2) is 8.41. The van der Waals surface area contributed by atoms with Gasteiger partial charge < -0.3 is 11.5 Å². The topological polar surface area (TPSA) is 121 Å².